The van der Waals surface area contributed by atoms with Crippen LogP contribution in [0.3, 0.4) is 0 Å². The van der Waals surface area contributed by atoms with Crippen LogP contribution in [0, 0.1) is 6.42 Å². The molecule has 1 aromatic carbocycles. The van der Waals surface area contributed by atoms with E-state index in [0.29, 0.717) is 0 Å². The van der Waals surface area contributed by atoms with E-state index in [0.717, 1.165) is 6.42 Å². The molecule has 3 rings (SSSR count). The maximum Gasteiger partial charge on any atom is 0.0899 e. The Kier molecular flexibility index (Phi) is 0.780. The van der Waals surface area contributed by atoms with Gasteiger partial charge in [0.15, 0.2) is 0 Å². The van der Waals surface area contributed by atoms with Gasteiger partial charge >= 0.3 is 0 Å². The third-order valence-corrected chi connectivity index (χ3v) is 2.45. The Morgan fingerprint density at radius 1 is 1.27 bits per heavy atom. The molecule has 1 unspecified atom stereocenters. The molecule has 1 radical (unpaired) electrons. The lowest BCUT2D eigenvalue weighted by Gasteiger charge is -2.03. The van der Waals surface area contributed by atoms with E-state index in [9.17, 15) is 0 Å². The largest absolute Gasteiger partial charge is 0.281 e. The summed E-state index contributed by atoms with van der Waals surface area (Å²) in [5, 5.41) is 0. The van der Waals surface area contributed by atoms with Crippen LogP contribution in [0.1, 0.15) is 17.5 Å². The molecule has 11 heavy (non-hydrogen) atoms. The lowest BCUT2D eigenvalue weighted by atomic mass is 10.0. The zero-order valence-electron chi connectivity index (χ0n) is 6.12. The summed E-state index contributed by atoms with van der Waals surface area (Å²) in [4.78, 5) is 4.47. The van der Waals surface area contributed by atoms with Gasteiger partial charge in [0.2, 0.25) is 0 Å². The predicted molar refractivity (Wildman–Crippen MR) is 44.6 cm³/mol. The van der Waals surface area contributed by atoms with E-state index in [-0.39, 0.29) is 5.54 Å². The molecule has 2 aliphatic rings. The predicted octanol–water partition coefficient (Wildman–Crippen LogP) is 1.92. The highest BCUT2D eigenvalue weighted by molar-refractivity contribution is 5.87. The zero-order valence-corrected chi connectivity index (χ0v) is 6.12. The van der Waals surface area contributed by atoms with Crippen LogP contribution < -0.4 is 0 Å². The van der Waals surface area contributed by atoms with E-state index in [2.05, 4.69) is 35.7 Å². The fourth-order valence-corrected chi connectivity index (χ4v) is 1.68. The summed E-state index contributed by atoms with van der Waals surface area (Å²) in [6.45, 7) is 0. The van der Waals surface area contributed by atoms with Gasteiger partial charge in [0, 0.05) is 6.21 Å². The van der Waals surface area contributed by atoms with Crippen molar-refractivity contribution in [3.05, 3.63) is 41.8 Å². The molecule has 1 nitrogen and oxygen atoms in total. The van der Waals surface area contributed by atoms with Crippen LogP contribution in [-0.2, 0) is 5.54 Å². The molecule has 0 amide bonds. The van der Waals surface area contributed by atoms with Crippen molar-refractivity contribution in [3.63, 3.8) is 0 Å². The highest BCUT2D eigenvalue weighted by Crippen LogP contribution is 2.51. The topological polar surface area (TPSA) is 12.4 Å². The average Bonchev–Trinajstić information content (AvgIpc) is 2.72. The number of nitrogens with zero attached hydrogens (tertiary/aromatic N) is 1. The normalized spacial score (nSPS) is 22.2. The lowest BCUT2D eigenvalue weighted by Crippen LogP contribution is -1.97. The molecular weight excluding hydrogens is 134 g/mol. The van der Waals surface area contributed by atoms with Crippen LogP contribution in [0.2, 0.25) is 0 Å². The second kappa shape index (κ2) is 1.55. The number of hydrogen-bond donors (Lipinski definition) is 0. The van der Waals surface area contributed by atoms with Gasteiger partial charge in [-0.2, -0.15) is 0 Å². The SMILES string of the molecule is [CH]1CC12N=Cc1ccccc12. The number of aliphatic imine (C=N–C) groups is 1. The van der Waals surface area contributed by atoms with Crippen molar-refractivity contribution >= 4 is 6.21 Å². The first-order chi connectivity index (χ1) is 5.41. The van der Waals surface area contributed by atoms with Crippen molar-refractivity contribution in [2.45, 2.75) is 12.0 Å². The summed E-state index contributed by atoms with van der Waals surface area (Å²) in [6.07, 6.45) is 5.37. The summed E-state index contributed by atoms with van der Waals surface area (Å²) in [5.74, 6) is 0. The van der Waals surface area contributed by atoms with Gasteiger partial charge in [0.25, 0.3) is 0 Å². The molecule has 1 aromatic rings. The third kappa shape index (κ3) is 0.584. The molecule has 0 saturated heterocycles. The van der Waals surface area contributed by atoms with Crippen molar-refractivity contribution in [2.75, 3.05) is 0 Å². The van der Waals surface area contributed by atoms with Crippen molar-refractivity contribution in [3.8, 4) is 0 Å². The fraction of sp³-hybridized carbons (Fsp3) is 0.200. The Bertz CT molecular complexity index is 334. The summed E-state index contributed by atoms with van der Waals surface area (Å²) in [5.41, 5.74) is 2.80. The van der Waals surface area contributed by atoms with E-state index in [1.807, 2.05) is 6.21 Å². The number of fused-ring (bicyclic) bond motifs is 2. The Labute approximate surface area is 65.8 Å². The van der Waals surface area contributed by atoms with Crippen molar-refractivity contribution in [2.24, 2.45) is 4.99 Å². The Hall–Kier alpha value is -1.11. The maximum atomic E-state index is 4.47. The molecule has 1 aliphatic carbocycles. The minimum atomic E-state index is 0.122. The van der Waals surface area contributed by atoms with Gasteiger partial charge in [0.1, 0.15) is 0 Å². The quantitative estimate of drug-likeness (QED) is 0.524. The van der Waals surface area contributed by atoms with Gasteiger partial charge in [-0.05, 0) is 24.0 Å². The highest BCUT2D eigenvalue weighted by atomic mass is 14.9. The second-order valence-electron chi connectivity index (χ2n) is 3.18. The number of hydrogen-bond acceptors (Lipinski definition) is 1. The molecule has 1 heteroatoms. The number of rotatable bonds is 0. The molecule has 1 heterocycles. The molecule has 0 aromatic heterocycles. The van der Waals surface area contributed by atoms with Crippen molar-refractivity contribution in [1.82, 2.24) is 0 Å². The first-order valence-electron chi connectivity index (χ1n) is 3.90. The first kappa shape index (κ1) is 5.53. The molecule has 0 bridgehead atoms. The van der Waals surface area contributed by atoms with Gasteiger partial charge in [-0.25, -0.2) is 0 Å². The molecule has 1 spiro atoms. The number of benzene rings is 1. The van der Waals surface area contributed by atoms with Gasteiger partial charge in [-0.15, -0.1) is 0 Å². The van der Waals surface area contributed by atoms with Crippen LogP contribution in [-0.4, -0.2) is 6.21 Å². The van der Waals surface area contributed by atoms with Gasteiger partial charge in [-0.1, -0.05) is 24.3 Å². The van der Waals surface area contributed by atoms with Crippen LogP contribution >= 0.6 is 0 Å². The van der Waals surface area contributed by atoms with Gasteiger partial charge in [-0.3, -0.25) is 4.99 Å². The summed E-state index contributed by atoms with van der Waals surface area (Å²) >= 11 is 0. The van der Waals surface area contributed by atoms with Crippen molar-refractivity contribution < 1.29 is 0 Å². The Morgan fingerprint density at radius 2 is 2.09 bits per heavy atom. The molecule has 1 saturated carbocycles. The highest BCUT2D eigenvalue weighted by Gasteiger charge is 2.47. The minimum absolute atomic E-state index is 0.122. The first-order valence-corrected chi connectivity index (χ1v) is 3.90. The lowest BCUT2D eigenvalue weighted by molar-refractivity contribution is 0.797. The molecule has 1 aliphatic heterocycles. The summed E-state index contributed by atoms with van der Waals surface area (Å²) < 4.78 is 0. The Balaban J connectivity index is 2.28. The van der Waals surface area contributed by atoms with Crippen LogP contribution in [0.5, 0.6) is 0 Å². The summed E-state index contributed by atoms with van der Waals surface area (Å²) in [6, 6.07) is 8.44. The third-order valence-electron chi connectivity index (χ3n) is 2.45. The van der Waals surface area contributed by atoms with Gasteiger partial charge < -0.3 is 0 Å². The average molecular weight is 142 g/mol. The summed E-state index contributed by atoms with van der Waals surface area (Å²) in [7, 11) is 0. The van der Waals surface area contributed by atoms with E-state index in [1.54, 1.807) is 0 Å². The maximum absolute atomic E-state index is 4.47. The molecular formula is C10H8N. The van der Waals surface area contributed by atoms with Crippen LogP contribution in [0.25, 0.3) is 0 Å². The standard InChI is InChI=1S/C10H8N/c1-2-4-9-8(3-1)7-11-10(9)5-6-10/h1-5,7H,6H2. The fourth-order valence-electron chi connectivity index (χ4n) is 1.68. The Morgan fingerprint density at radius 3 is 2.91 bits per heavy atom. The van der Waals surface area contributed by atoms with Crippen molar-refractivity contribution in [1.29, 1.82) is 0 Å². The van der Waals surface area contributed by atoms with Crippen LogP contribution in [0.15, 0.2) is 29.3 Å². The molecule has 0 N–H and O–H groups in total. The smallest absolute Gasteiger partial charge is 0.0899 e. The minimum Gasteiger partial charge on any atom is -0.281 e. The van der Waals surface area contributed by atoms with E-state index in [1.165, 1.54) is 11.1 Å². The van der Waals surface area contributed by atoms with Crippen LogP contribution in [0.4, 0.5) is 0 Å². The zero-order chi connectivity index (χ0) is 7.31. The van der Waals surface area contributed by atoms with E-state index >= 15 is 0 Å². The monoisotopic (exact) mass is 142 g/mol. The molecule has 1 atom stereocenters. The molecule has 1 fully saturated rings. The van der Waals surface area contributed by atoms with E-state index < -0.39 is 0 Å². The van der Waals surface area contributed by atoms with E-state index in [4.69, 9.17) is 0 Å². The molecule has 53 valence electrons. The second-order valence-corrected chi connectivity index (χ2v) is 3.18. The van der Waals surface area contributed by atoms with Gasteiger partial charge in [0.05, 0.1) is 5.54 Å².